The van der Waals surface area contributed by atoms with Crippen molar-refractivity contribution < 1.29 is 0 Å². The third-order valence-corrected chi connectivity index (χ3v) is 3.90. The number of nitriles is 1. The maximum absolute atomic E-state index is 9.50. The first-order chi connectivity index (χ1) is 9.15. The average Bonchev–Trinajstić information content (AvgIpc) is 2.92. The van der Waals surface area contributed by atoms with Crippen LogP contribution in [0, 0.1) is 11.3 Å². The highest BCUT2D eigenvalue weighted by molar-refractivity contribution is 5.97. The second-order valence-corrected chi connectivity index (χ2v) is 5.01. The van der Waals surface area contributed by atoms with Crippen molar-refractivity contribution in [1.29, 1.82) is 5.26 Å². The Balaban J connectivity index is 2.33. The molecule has 0 spiro atoms. The maximum Gasteiger partial charge on any atom is 0.148 e. The van der Waals surface area contributed by atoms with Crippen LogP contribution in [0.4, 0.5) is 11.6 Å². The zero-order valence-corrected chi connectivity index (χ0v) is 11.1. The van der Waals surface area contributed by atoms with Gasteiger partial charge in [-0.2, -0.15) is 5.26 Å². The van der Waals surface area contributed by atoms with E-state index < -0.39 is 0 Å². The fraction of sp³-hybridized carbons (Fsp3) is 0.462. The number of hydrogen-bond donors (Lipinski definition) is 1. The lowest BCUT2D eigenvalue weighted by atomic mass is 10.2. The average molecular weight is 256 g/mol. The zero-order valence-electron chi connectivity index (χ0n) is 11.1. The van der Waals surface area contributed by atoms with Gasteiger partial charge in [-0.25, -0.2) is 9.97 Å². The van der Waals surface area contributed by atoms with E-state index in [0.717, 1.165) is 30.9 Å². The third kappa shape index (κ3) is 1.55. The Hall–Kier alpha value is -2.29. The number of anilines is 2. The van der Waals surface area contributed by atoms with Crippen LogP contribution in [0.5, 0.6) is 0 Å². The lowest BCUT2D eigenvalue weighted by Crippen LogP contribution is -2.28. The van der Waals surface area contributed by atoms with Crippen LogP contribution in [-0.2, 0) is 7.05 Å². The Morgan fingerprint density at radius 2 is 2.26 bits per heavy atom. The third-order valence-electron chi connectivity index (χ3n) is 3.90. The van der Waals surface area contributed by atoms with Gasteiger partial charge in [-0.1, -0.05) is 0 Å². The fourth-order valence-corrected chi connectivity index (χ4v) is 2.95. The lowest BCUT2D eigenvalue weighted by Gasteiger charge is -2.24. The molecule has 6 heteroatoms. The van der Waals surface area contributed by atoms with E-state index in [9.17, 15) is 5.26 Å². The zero-order chi connectivity index (χ0) is 13.6. The van der Waals surface area contributed by atoms with Gasteiger partial charge in [0.1, 0.15) is 35.2 Å². The number of hydrogen-bond acceptors (Lipinski definition) is 5. The second-order valence-electron chi connectivity index (χ2n) is 5.01. The molecule has 0 bridgehead atoms. The molecule has 0 saturated carbocycles. The molecule has 0 aromatic carbocycles. The molecule has 2 aromatic rings. The SMILES string of the molecule is C[C@H]1CCCN1c1c(C#N)c2c(N)ncnc2n1C. The quantitative estimate of drug-likeness (QED) is 0.834. The van der Waals surface area contributed by atoms with Gasteiger partial charge in [-0.05, 0) is 19.8 Å². The molecule has 1 aliphatic heterocycles. The molecule has 19 heavy (non-hydrogen) atoms. The number of nitrogens with two attached hydrogens (primary N) is 1. The van der Waals surface area contributed by atoms with Gasteiger partial charge < -0.3 is 15.2 Å². The number of nitrogen functional groups attached to an aromatic ring is 1. The van der Waals surface area contributed by atoms with E-state index in [-0.39, 0.29) is 0 Å². The van der Waals surface area contributed by atoms with E-state index >= 15 is 0 Å². The van der Waals surface area contributed by atoms with Crippen LogP contribution in [0.25, 0.3) is 11.0 Å². The van der Waals surface area contributed by atoms with Gasteiger partial charge in [0.25, 0.3) is 0 Å². The van der Waals surface area contributed by atoms with Crippen molar-refractivity contribution in [3.8, 4) is 6.07 Å². The predicted molar refractivity (Wildman–Crippen MR) is 73.7 cm³/mol. The highest BCUT2D eigenvalue weighted by atomic mass is 15.3. The van der Waals surface area contributed by atoms with Crippen LogP contribution in [0.3, 0.4) is 0 Å². The van der Waals surface area contributed by atoms with Crippen LogP contribution in [0.1, 0.15) is 25.3 Å². The summed E-state index contributed by atoms with van der Waals surface area (Å²) < 4.78 is 1.95. The Labute approximate surface area is 111 Å². The number of nitrogens with zero attached hydrogens (tertiary/aromatic N) is 5. The molecule has 98 valence electrons. The van der Waals surface area contributed by atoms with Crippen molar-refractivity contribution in [2.75, 3.05) is 17.2 Å². The van der Waals surface area contributed by atoms with E-state index in [2.05, 4.69) is 27.9 Å². The van der Waals surface area contributed by atoms with E-state index in [1.165, 1.54) is 6.33 Å². The Kier molecular flexibility index (Phi) is 2.56. The molecular weight excluding hydrogens is 240 g/mol. The molecule has 1 fully saturated rings. The summed E-state index contributed by atoms with van der Waals surface area (Å²) in [5, 5.41) is 10.2. The molecule has 2 N–H and O–H groups in total. The molecule has 1 aliphatic rings. The van der Waals surface area contributed by atoms with Crippen LogP contribution in [0.15, 0.2) is 6.33 Å². The van der Waals surface area contributed by atoms with E-state index in [1.807, 2.05) is 11.6 Å². The topological polar surface area (TPSA) is 83.8 Å². The fourth-order valence-electron chi connectivity index (χ4n) is 2.95. The summed E-state index contributed by atoms with van der Waals surface area (Å²) in [6, 6.07) is 2.71. The van der Waals surface area contributed by atoms with Gasteiger partial charge >= 0.3 is 0 Å². The summed E-state index contributed by atoms with van der Waals surface area (Å²) in [5.74, 6) is 1.28. The Morgan fingerprint density at radius 1 is 1.47 bits per heavy atom. The second kappa shape index (κ2) is 4.12. The molecule has 0 unspecified atom stereocenters. The standard InChI is InChI=1S/C13H16N6/c1-8-4-3-5-19(8)13-9(6-14)10-11(15)16-7-17-12(10)18(13)2/h7-8H,3-5H2,1-2H3,(H2,15,16,17)/t8-/m0/s1. The van der Waals surface area contributed by atoms with Crippen molar-refractivity contribution in [2.24, 2.45) is 7.05 Å². The van der Waals surface area contributed by atoms with Gasteiger partial charge in [-0.15, -0.1) is 0 Å². The van der Waals surface area contributed by atoms with Gasteiger partial charge in [0.05, 0.1) is 5.39 Å². The molecular formula is C13H16N6. The predicted octanol–water partition coefficient (Wildman–Crippen LogP) is 1.41. The van der Waals surface area contributed by atoms with Crippen molar-refractivity contribution in [2.45, 2.75) is 25.8 Å². The highest BCUT2D eigenvalue weighted by Crippen LogP contribution is 2.36. The van der Waals surface area contributed by atoms with Gasteiger partial charge in [0, 0.05) is 19.6 Å². The van der Waals surface area contributed by atoms with Crippen LogP contribution >= 0.6 is 0 Å². The van der Waals surface area contributed by atoms with Crippen LogP contribution < -0.4 is 10.6 Å². The van der Waals surface area contributed by atoms with E-state index in [1.54, 1.807) is 0 Å². The van der Waals surface area contributed by atoms with Gasteiger partial charge in [-0.3, -0.25) is 0 Å². The molecule has 2 aromatic heterocycles. The number of rotatable bonds is 1. The van der Waals surface area contributed by atoms with Crippen molar-refractivity contribution in [1.82, 2.24) is 14.5 Å². The molecule has 0 aliphatic carbocycles. The maximum atomic E-state index is 9.50. The summed E-state index contributed by atoms with van der Waals surface area (Å²) in [4.78, 5) is 10.5. The van der Waals surface area contributed by atoms with Crippen molar-refractivity contribution in [3.05, 3.63) is 11.9 Å². The summed E-state index contributed by atoms with van der Waals surface area (Å²) >= 11 is 0. The minimum atomic E-state index is 0.371. The van der Waals surface area contributed by atoms with Crippen LogP contribution in [-0.4, -0.2) is 27.1 Å². The largest absolute Gasteiger partial charge is 0.383 e. The number of aryl methyl sites for hydroxylation is 1. The number of aromatic nitrogens is 3. The van der Waals surface area contributed by atoms with Crippen molar-refractivity contribution >= 4 is 22.7 Å². The monoisotopic (exact) mass is 256 g/mol. The Morgan fingerprint density at radius 3 is 2.89 bits per heavy atom. The summed E-state index contributed by atoms with van der Waals surface area (Å²) in [6.07, 6.45) is 3.73. The summed E-state index contributed by atoms with van der Waals surface area (Å²) in [6.45, 7) is 3.15. The van der Waals surface area contributed by atoms with Crippen LogP contribution in [0.2, 0.25) is 0 Å². The lowest BCUT2D eigenvalue weighted by molar-refractivity contribution is 0.712. The Bertz CT molecular complexity index is 680. The minimum Gasteiger partial charge on any atom is -0.383 e. The van der Waals surface area contributed by atoms with E-state index in [0.29, 0.717) is 22.8 Å². The smallest absolute Gasteiger partial charge is 0.148 e. The molecule has 6 nitrogen and oxygen atoms in total. The van der Waals surface area contributed by atoms with E-state index in [4.69, 9.17) is 5.73 Å². The molecule has 0 radical (unpaired) electrons. The first-order valence-electron chi connectivity index (χ1n) is 6.40. The van der Waals surface area contributed by atoms with Gasteiger partial charge in [0.2, 0.25) is 0 Å². The molecule has 3 heterocycles. The minimum absolute atomic E-state index is 0.371. The summed E-state index contributed by atoms with van der Waals surface area (Å²) in [7, 11) is 1.93. The molecule has 0 amide bonds. The normalized spacial score (nSPS) is 19.0. The molecule has 1 atom stereocenters. The molecule has 3 rings (SSSR count). The number of fused-ring (bicyclic) bond motifs is 1. The summed E-state index contributed by atoms with van der Waals surface area (Å²) in [5.41, 5.74) is 7.22. The molecule has 1 saturated heterocycles. The van der Waals surface area contributed by atoms with Crippen molar-refractivity contribution in [3.63, 3.8) is 0 Å². The first-order valence-corrected chi connectivity index (χ1v) is 6.40. The first kappa shape index (κ1) is 11.8. The van der Waals surface area contributed by atoms with Gasteiger partial charge in [0.15, 0.2) is 0 Å². The highest BCUT2D eigenvalue weighted by Gasteiger charge is 2.28.